The van der Waals surface area contributed by atoms with Crippen LogP contribution in [0.2, 0.25) is 0 Å². The van der Waals surface area contributed by atoms with E-state index in [2.05, 4.69) is 0 Å². The number of sulfone groups is 1. The van der Waals surface area contributed by atoms with Crippen LogP contribution in [-0.2, 0) is 19.3 Å². The molecule has 0 aliphatic carbocycles. The summed E-state index contributed by atoms with van der Waals surface area (Å²) in [6.07, 6.45) is 1.05. The van der Waals surface area contributed by atoms with Crippen LogP contribution in [0.3, 0.4) is 0 Å². The third-order valence-corrected chi connectivity index (χ3v) is 5.85. The highest BCUT2D eigenvalue weighted by atomic mass is 32.2. The molecule has 0 spiro atoms. The van der Waals surface area contributed by atoms with Crippen molar-refractivity contribution in [1.82, 2.24) is 0 Å². The van der Waals surface area contributed by atoms with Crippen molar-refractivity contribution in [3.8, 4) is 0 Å². The molecule has 0 heterocycles. The lowest BCUT2D eigenvalue weighted by molar-refractivity contribution is -0.384. The first-order valence-corrected chi connectivity index (χ1v) is 9.71. The molecule has 0 saturated heterocycles. The van der Waals surface area contributed by atoms with Crippen LogP contribution < -0.4 is 0 Å². The summed E-state index contributed by atoms with van der Waals surface area (Å²) in [6.45, 7) is 8.25. The Kier molecular flexibility index (Phi) is 7.52. The average molecular weight is 373 g/mol. The molecule has 1 rings (SSSR count). The molecule has 8 heteroatoms. The maximum absolute atomic E-state index is 12.8. The smallest absolute Gasteiger partial charge is 0.269 e. The van der Waals surface area contributed by atoms with E-state index in [1.54, 1.807) is 0 Å². The normalized spacial score (nSPS) is 14.9. The van der Waals surface area contributed by atoms with Crippen molar-refractivity contribution in [2.24, 2.45) is 5.92 Å². The van der Waals surface area contributed by atoms with Gasteiger partial charge in [0.15, 0.2) is 5.44 Å². The van der Waals surface area contributed by atoms with Crippen LogP contribution in [0.1, 0.15) is 40.5 Å². The first kappa shape index (κ1) is 21.5. The van der Waals surface area contributed by atoms with E-state index < -0.39 is 20.2 Å². The maximum Gasteiger partial charge on any atom is 0.269 e. The minimum atomic E-state index is -3.75. The highest BCUT2D eigenvalue weighted by molar-refractivity contribution is 7.91. The van der Waals surface area contributed by atoms with Gasteiger partial charge in [-0.05, 0) is 45.2 Å². The summed E-state index contributed by atoms with van der Waals surface area (Å²) in [4.78, 5) is 10.1. The average Bonchev–Trinajstić information content (AvgIpc) is 2.54. The molecule has 1 aromatic carbocycles. The van der Waals surface area contributed by atoms with Gasteiger partial charge in [-0.2, -0.15) is 0 Å². The van der Waals surface area contributed by atoms with E-state index in [0.29, 0.717) is 13.0 Å². The molecule has 0 aliphatic rings. The lowest BCUT2D eigenvalue weighted by Crippen LogP contribution is -2.30. The second-order valence-corrected chi connectivity index (χ2v) is 8.98. The summed E-state index contributed by atoms with van der Waals surface area (Å²) < 4.78 is 36.5. The van der Waals surface area contributed by atoms with E-state index >= 15 is 0 Å². The fourth-order valence-corrected chi connectivity index (χ4v) is 3.85. The van der Waals surface area contributed by atoms with Gasteiger partial charge in [0.05, 0.1) is 22.0 Å². The van der Waals surface area contributed by atoms with Crippen molar-refractivity contribution in [1.29, 1.82) is 0 Å². The molecule has 0 N–H and O–H groups in total. The van der Waals surface area contributed by atoms with Crippen LogP contribution in [0.15, 0.2) is 29.2 Å². The predicted octanol–water partition coefficient (Wildman–Crippen LogP) is 3.57. The standard InChI is InChI=1S/C17H27NO6S/c1-6-13(12-24-17(2,3)4)11-16(23-5)25(21,22)15-9-7-14(8-10-15)18(19)20/h7-10,13,16H,6,11-12H2,1-5H3. The molecular formula is C17H27NO6S. The first-order valence-electron chi connectivity index (χ1n) is 8.16. The van der Waals surface area contributed by atoms with Crippen LogP contribution in [0.25, 0.3) is 0 Å². The fourth-order valence-electron chi connectivity index (χ4n) is 2.25. The number of rotatable bonds is 9. The fraction of sp³-hybridized carbons (Fsp3) is 0.647. The zero-order valence-corrected chi connectivity index (χ0v) is 16.2. The number of nitrogens with zero attached hydrogens (tertiary/aromatic N) is 1. The second-order valence-electron chi connectivity index (χ2n) is 6.89. The van der Waals surface area contributed by atoms with E-state index in [4.69, 9.17) is 9.47 Å². The summed E-state index contributed by atoms with van der Waals surface area (Å²) >= 11 is 0. The zero-order valence-electron chi connectivity index (χ0n) is 15.4. The van der Waals surface area contributed by atoms with Crippen molar-refractivity contribution in [2.45, 2.75) is 56.5 Å². The van der Waals surface area contributed by atoms with E-state index in [1.807, 2.05) is 27.7 Å². The molecule has 0 fully saturated rings. The summed E-state index contributed by atoms with van der Waals surface area (Å²) in [7, 11) is -2.40. The number of nitro groups is 1. The van der Waals surface area contributed by atoms with E-state index in [9.17, 15) is 18.5 Å². The van der Waals surface area contributed by atoms with Gasteiger partial charge < -0.3 is 9.47 Å². The summed E-state index contributed by atoms with van der Waals surface area (Å²) in [6, 6.07) is 4.84. The molecule has 2 unspecified atom stereocenters. The number of hydrogen-bond acceptors (Lipinski definition) is 6. The van der Waals surface area contributed by atoms with Gasteiger partial charge in [-0.1, -0.05) is 13.3 Å². The molecule has 0 aliphatic heterocycles. The van der Waals surface area contributed by atoms with Crippen molar-refractivity contribution >= 4 is 15.5 Å². The Bertz CT molecular complexity index is 663. The third kappa shape index (κ3) is 6.37. The molecule has 7 nitrogen and oxygen atoms in total. The van der Waals surface area contributed by atoms with Crippen LogP contribution >= 0.6 is 0 Å². The Hall–Kier alpha value is -1.51. The van der Waals surface area contributed by atoms with E-state index in [0.717, 1.165) is 6.42 Å². The molecule has 0 bridgehead atoms. The third-order valence-electron chi connectivity index (χ3n) is 3.84. The van der Waals surface area contributed by atoms with Crippen molar-refractivity contribution in [3.05, 3.63) is 34.4 Å². The Morgan fingerprint density at radius 2 is 1.76 bits per heavy atom. The number of methoxy groups -OCH3 is 1. The minimum absolute atomic E-state index is 0.0107. The Morgan fingerprint density at radius 1 is 1.20 bits per heavy atom. The van der Waals surface area contributed by atoms with Crippen molar-refractivity contribution in [3.63, 3.8) is 0 Å². The van der Waals surface area contributed by atoms with E-state index in [1.165, 1.54) is 31.4 Å². The largest absolute Gasteiger partial charge is 0.376 e. The molecular weight excluding hydrogens is 346 g/mol. The molecule has 0 amide bonds. The molecule has 0 aromatic heterocycles. The van der Waals surface area contributed by atoms with Crippen LogP contribution in [-0.4, -0.2) is 38.1 Å². The van der Waals surface area contributed by atoms with Gasteiger partial charge in [0, 0.05) is 19.2 Å². The predicted molar refractivity (Wildman–Crippen MR) is 95.2 cm³/mol. The molecule has 25 heavy (non-hydrogen) atoms. The molecule has 142 valence electrons. The monoisotopic (exact) mass is 373 g/mol. The van der Waals surface area contributed by atoms with E-state index in [-0.39, 0.29) is 22.1 Å². The lowest BCUT2D eigenvalue weighted by Gasteiger charge is -2.26. The zero-order chi connectivity index (χ0) is 19.3. The number of non-ortho nitro benzene ring substituents is 1. The molecule has 0 radical (unpaired) electrons. The maximum atomic E-state index is 12.8. The summed E-state index contributed by atoms with van der Waals surface area (Å²) in [5, 5.41) is 10.7. The second kappa shape index (κ2) is 8.73. The topological polar surface area (TPSA) is 95.7 Å². The van der Waals surface area contributed by atoms with Gasteiger partial charge >= 0.3 is 0 Å². The van der Waals surface area contributed by atoms with Crippen LogP contribution in [0, 0.1) is 16.0 Å². The van der Waals surface area contributed by atoms with Gasteiger partial charge in [-0.25, -0.2) is 8.42 Å². The van der Waals surface area contributed by atoms with Crippen molar-refractivity contribution in [2.75, 3.05) is 13.7 Å². The van der Waals surface area contributed by atoms with Crippen molar-refractivity contribution < 1.29 is 22.8 Å². The Labute approximate surface area is 149 Å². The highest BCUT2D eigenvalue weighted by Gasteiger charge is 2.30. The summed E-state index contributed by atoms with van der Waals surface area (Å²) in [5.74, 6) is 0.0250. The number of ether oxygens (including phenoxy) is 2. The summed E-state index contributed by atoms with van der Waals surface area (Å²) in [5.41, 5.74) is -1.48. The Balaban J connectivity index is 2.93. The number of benzene rings is 1. The number of hydrogen-bond donors (Lipinski definition) is 0. The quantitative estimate of drug-likeness (QED) is 0.485. The van der Waals surface area contributed by atoms with Crippen LogP contribution in [0.4, 0.5) is 5.69 Å². The molecule has 1 aromatic rings. The van der Waals surface area contributed by atoms with Gasteiger partial charge in [0.2, 0.25) is 9.84 Å². The number of nitro benzene ring substituents is 1. The Morgan fingerprint density at radius 3 is 2.16 bits per heavy atom. The SMILES string of the molecule is CCC(COC(C)(C)C)CC(OC)S(=O)(=O)c1ccc([N+](=O)[O-])cc1. The van der Waals surface area contributed by atoms with Gasteiger partial charge in [-0.15, -0.1) is 0 Å². The van der Waals surface area contributed by atoms with Gasteiger partial charge in [-0.3, -0.25) is 10.1 Å². The first-order chi connectivity index (χ1) is 11.5. The van der Waals surface area contributed by atoms with Crippen LogP contribution in [0.5, 0.6) is 0 Å². The molecule has 2 atom stereocenters. The highest BCUT2D eigenvalue weighted by Crippen LogP contribution is 2.26. The van der Waals surface area contributed by atoms with Gasteiger partial charge in [0.25, 0.3) is 5.69 Å². The van der Waals surface area contributed by atoms with Gasteiger partial charge in [0.1, 0.15) is 0 Å². The molecule has 0 saturated carbocycles. The lowest BCUT2D eigenvalue weighted by atomic mass is 10.0. The minimum Gasteiger partial charge on any atom is -0.376 e.